The summed E-state index contributed by atoms with van der Waals surface area (Å²) in [6, 6.07) is 4.04. The van der Waals surface area contributed by atoms with Gasteiger partial charge in [0.15, 0.2) is 0 Å². The highest BCUT2D eigenvalue weighted by molar-refractivity contribution is 7.89. The van der Waals surface area contributed by atoms with Crippen molar-refractivity contribution in [1.82, 2.24) is 9.62 Å². The summed E-state index contributed by atoms with van der Waals surface area (Å²) < 4.78 is 27.6. The quantitative estimate of drug-likeness (QED) is 0.855. The van der Waals surface area contributed by atoms with E-state index < -0.39 is 21.8 Å². The molecule has 0 aromatic heterocycles. The number of rotatable bonds is 3. The van der Waals surface area contributed by atoms with Gasteiger partial charge in [-0.1, -0.05) is 19.3 Å². The van der Waals surface area contributed by atoms with Gasteiger partial charge in [-0.15, -0.1) is 0 Å². The van der Waals surface area contributed by atoms with Gasteiger partial charge in [-0.2, -0.15) is 0 Å². The second-order valence-electron chi connectivity index (χ2n) is 5.83. The fourth-order valence-electron chi connectivity index (χ4n) is 3.02. The molecule has 118 valence electrons. The number of nitrogens with one attached hydrogen (secondary N) is 1. The Morgan fingerprint density at radius 3 is 2.36 bits per heavy atom. The maximum absolute atomic E-state index is 12.4. The second-order valence-corrected chi connectivity index (χ2v) is 7.55. The van der Waals surface area contributed by atoms with E-state index in [0.29, 0.717) is 0 Å². The number of hydrogen-bond acceptors (Lipinski definition) is 4. The van der Waals surface area contributed by atoms with E-state index in [1.165, 1.54) is 25.2 Å². The summed E-state index contributed by atoms with van der Waals surface area (Å²) >= 11 is 0. The molecule has 0 spiro atoms. The Bertz CT molecular complexity index is 736. The zero-order valence-corrected chi connectivity index (χ0v) is 13.1. The molecule has 1 fully saturated rings. The SMILES string of the molecule is CN1C(=O)c2ccc(S(=O)(=O)NC3CCCCC3)cc2C1=O. The number of sulfonamides is 1. The highest BCUT2D eigenvalue weighted by atomic mass is 32.2. The molecule has 1 aromatic carbocycles. The lowest BCUT2D eigenvalue weighted by Crippen LogP contribution is -2.36. The minimum absolute atomic E-state index is 0.0354. The van der Waals surface area contributed by atoms with Crippen LogP contribution in [0.1, 0.15) is 52.8 Å². The lowest BCUT2D eigenvalue weighted by molar-refractivity contribution is 0.0693. The first kappa shape index (κ1) is 15.2. The van der Waals surface area contributed by atoms with Crippen LogP contribution < -0.4 is 4.72 Å². The van der Waals surface area contributed by atoms with Crippen LogP contribution in [0.5, 0.6) is 0 Å². The van der Waals surface area contributed by atoms with Gasteiger partial charge in [0.05, 0.1) is 16.0 Å². The van der Waals surface area contributed by atoms with Crippen LogP contribution in [-0.2, 0) is 10.0 Å². The van der Waals surface area contributed by atoms with Gasteiger partial charge in [0.25, 0.3) is 11.8 Å². The number of hydrogen-bond donors (Lipinski definition) is 1. The Morgan fingerprint density at radius 2 is 1.68 bits per heavy atom. The van der Waals surface area contributed by atoms with E-state index >= 15 is 0 Å². The molecule has 0 saturated heterocycles. The molecule has 1 heterocycles. The van der Waals surface area contributed by atoms with E-state index in [4.69, 9.17) is 0 Å². The topological polar surface area (TPSA) is 83.6 Å². The molecule has 6 nitrogen and oxygen atoms in total. The number of imide groups is 1. The van der Waals surface area contributed by atoms with Crippen LogP contribution in [0.25, 0.3) is 0 Å². The molecule has 2 amide bonds. The minimum Gasteiger partial charge on any atom is -0.277 e. The summed E-state index contributed by atoms with van der Waals surface area (Å²) in [6.07, 6.45) is 4.86. The number of amides is 2. The molecule has 1 aromatic rings. The van der Waals surface area contributed by atoms with Gasteiger partial charge in [0, 0.05) is 13.1 Å². The Balaban J connectivity index is 1.89. The lowest BCUT2D eigenvalue weighted by Gasteiger charge is -2.22. The van der Waals surface area contributed by atoms with Crippen LogP contribution in [0.2, 0.25) is 0 Å². The highest BCUT2D eigenvalue weighted by Gasteiger charge is 2.34. The second kappa shape index (κ2) is 5.48. The first-order valence-corrected chi connectivity index (χ1v) is 8.87. The van der Waals surface area contributed by atoms with Crippen molar-refractivity contribution in [3.05, 3.63) is 29.3 Å². The molecule has 1 aliphatic carbocycles. The molecule has 1 saturated carbocycles. The van der Waals surface area contributed by atoms with Crippen LogP contribution in [0.15, 0.2) is 23.1 Å². The molecule has 1 aliphatic heterocycles. The van der Waals surface area contributed by atoms with Crippen molar-refractivity contribution in [3.63, 3.8) is 0 Å². The molecule has 7 heteroatoms. The predicted molar refractivity (Wildman–Crippen MR) is 80.1 cm³/mol. The van der Waals surface area contributed by atoms with Crippen LogP contribution in [-0.4, -0.2) is 38.2 Å². The number of carbonyl (C=O) groups is 2. The molecular weight excluding hydrogens is 304 g/mol. The molecule has 0 radical (unpaired) electrons. The predicted octanol–water partition coefficient (Wildman–Crippen LogP) is 1.52. The zero-order valence-electron chi connectivity index (χ0n) is 12.3. The van der Waals surface area contributed by atoms with Gasteiger partial charge in [-0.25, -0.2) is 13.1 Å². The number of carbonyl (C=O) groups excluding carboxylic acids is 2. The van der Waals surface area contributed by atoms with Gasteiger partial charge >= 0.3 is 0 Å². The summed E-state index contributed by atoms with van der Waals surface area (Å²) in [7, 11) is -2.28. The Morgan fingerprint density at radius 1 is 1.05 bits per heavy atom. The van der Waals surface area contributed by atoms with Crippen LogP contribution >= 0.6 is 0 Å². The summed E-state index contributed by atoms with van der Waals surface area (Å²) in [5, 5.41) is 0. The first-order valence-electron chi connectivity index (χ1n) is 7.39. The molecule has 22 heavy (non-hydrogen) atoms. The molecular formula is C15H18N2O4S. The van der Waals surface area contributed by atoms with E-state index in [1.54, 1.807) is 0 Å². The summed E-state index contributed by atoms with van der Waals surface area (Å²) in [5.74, 6) is -0.862. The van der Waals surface area contributed by atoms with Gasteiger partial charge in [-0.05, 0) is 31.0 Å². The molecule has 0 atom stereocenters. The molecule has 0 unspecified atom stereocenters. The normalized spacial score (nSPS) is 19.6. The Kier molecular flexibility index (Phi) is 3.78. The lowest BCUT2D eigenvalue weighted by atomic mass is 9.96. The van der Waals surface area contributed by atoms with Crippen LogP contribution in [0, 0.1) is 0 Å². The Hall–Kier alpha value is -1.73. The summed E-state index contributed by atoms with van der Waals surface area (Å²) in [4.78, 5) is 24.8. The number of benzene rings is 1. The average molecular weight is 322 g/mol. The molecule has 3 rings (SSSR count). The zero-order chi connectivity index (χ0) is 15.9. The average Bonchev–Trinajstić information content (AvgIpc) is 2.72. The molecule has 2 aliphatic rings. The van der Waals surface area contributed by atoms with Gasteiger partial charge < -0.3 is 0 Å². The molecule has 0 bridgehead atoms. The summed E-state index contributed by atoms with van der Waals surface area (Å²) in [5.41, 5.74) is 0.406. The van der Waals surface area contributed by atoms with E-state index in [2.05, 4.69) is 4.72 Å². The maximum Gasteiger partial charge on any atom is 0.261 e. The maximum atomic E-state index is 12.4. The van der Waals surface area contributed by atoms with Crippen LogP contribution in [0.4, 0.5) is 0 Å². The highest BCUT2D eigenvalue weighted by Crippen LogP contribution is 2.25. The van der Waals surface area contributed by atoms with Crippen molar-refractivity contribution in [1.29, 1.82) is 0 Å². The van der Waals surface area contributed by atoms with Crippen molar-refractivity contribution in [2.24, 2.45) is 0 Å². The van der Waals surface area contributed by atoms with Crippen molar-refractivity contribution >= 4 is 21.8 Å². The third kappa shape index (κ3) is 2.55. The number of fused-ring (bicyclic) bond motifs is 1. The van der Waals surface area contributed by atoms with Crippen molar-refractivity contribution < 1.29 is 18.0 Å². The van der Waals surface area contributed by atoms with E-state index in [1.807, 2.05) is 0 Å². The van der Waals surface area contributed by atoms with Gasteiger partial charge in [-0.3, -0.25) is 14.5 Å². The minimum atomic E-state index is -3.67. The fourth-order valence-corrected chi connectivity index (χ4v) is 4.35. The van der Waals surface area contributed by atoms with Crippen molar-refractivity contribution in [3.8, 4) is 0 Å². The first-order chi connectivity index (χ1) is 10.4. The monoisotopic (exact) mass is 322 g/mol. The molecule has 1 N–H and O–H groups in total. The van der Waals surface area contributed by atoms with Gasteiger partial charge in [0.2, 0.25) is 10.0 Å². The number of nitrogens with zero attached hydrogens (tertiary/aromatic N) is 1. The summed E-state index contributed by atoms with van der Waals surface area (Å²) in [6.45, 7) is 0. The smallest absolute Gasteiger partial charge is 0.261 e. The Labute approximate surface area is 129 Å². The van der Waals surface area contributed by atoms with E-state index in [0.717, 1.165) is 37.0 Å². The largest absolute Gasteiger partial charge is 0.277 e. The van der Waals surface area contributed by atoms with Crippen LogP contribution in [0.3, 0.4) is 0 Å². The van der Waals surface area contributed by atoms with E-state index in [-0.39, 0.29) is 22.1 Å². The van der Waals surface area contributed by atoms with Gasteiger partial charge in [0.1, 0.15) is 0 Å². The fraction of sp³-hybridized carbons (Fsp3) is 0.467. The van der Waals surface area contributed by atoms with E-state index in [9.17, 15) is 18.0 Å². The third-order valence-electron chi connectivity index (χ3n) is 4.30. The van der Waals surface area contributed by atoms with Crippen molar-refractivity contribution in [2.45, 2.75) is 43.0 Å². The third-order valence-corrected chi connectivity index (χ3v) is 5.82. The van der Waals surface area contributed by atoms with Crippen molar-refractivity contribution in [2.75, 3.05) is 7.05 Å². The standard InChI is InChI=1S/C15H18N2O4S/c1-17-14(18)12-8-7-11(9-13(12)15(17)19)22(20,21)16-10-5-3-2-4-6-10/h7-10,16H,2-6H2,1H3.